The second kappa shape index (κ2) is 7.57. The van der Waals surface area contributed by atoms with E-state index in [4.69, 9.17) is 0 Å². The van der Waals surface area contributed by atoms with Crippen LogP contribution in [0.15, 0.2) is 0 Å². The maximum absolute atomic E-state index is 11.7. The molecule has 15 heavy (non-hydrogen) atoms. The lowest BCUT2D eigenvalue weighted by atomic mass is 10.0. The van der Waals surface area contributed by atoms with Crippen molar-refractivity contribution in [3.63, 3.8) is 0 Å². The molecule has 0 aliphatic carbocycles. The van der Waals surface area contributed by atoms with Crippen molar-refractivity contribution in [1.29, 1.82) is 0 Å². The Balaban J connectivity index is 4.25. The Kier molecular flexibility index (Phi) is 7.22. The zero-order valence-corrected chi connectivity index (χ0v) is 10.3. The molecule has 0 heterocycles. The van der Waals surface area contributed by atoms with Crippen molar-refractivity contribution in [1.82, 2.24) is 5.32 Å². The molecule has 2 unspecified atom stereocenters. The molecule has 0 amide bonds. The average Bonchev–Trinajstić information content (AvgIpc) is 2.17. The van der Waals surface area contributed by atoms with E-state index < -0.39 is 0 Å². The lowest BCUT2D eigenvalue weighted by Gasteiger charge is -2.20. The van der Waals surface area contributed by atoms with E-state index in [9.17, 15) is 9.59 Å². The van der Waals surface area contributed by atoms with Crippen LogP contribution < -0.4 is 5.32 Å². The van der Waals surface area contributed by atoms with Gasteiger partial charge >= 0.3 is 0 Å². The molecule has 0 bridgehead atoms. The lowest BCUT2D eigenvalue weighted by Crippen LogP contribution is -2.44. The summed E-state index contributed by atoms with van der Waals surface area (Å²) in [6, 6.07) is -0.365. The zero-order valence-electron chi connectivity index (χ0n) is 10.3. The summed E-state index contributed by atoms with van der Waals surface area (Å²) >= 11 is 0. The number of Topliss-reactive ketones (excluding diaryl/α,β-unsaturated/α-hetero) is 2. The summed E-state index contributed by atoms with van der Waals surface area (Å²) in [6.45, 7) is 7.40. The average molecular weight is 213 g/mol. The summed E-state index contributed by atoms with van der Waals surface area (Å²) in [5.74, 6) is 0.313. The normalized spacial score (nSPS) is 14.7. The maximum Gasteiger partial charge on any atom is 0.149 e. The van der Waals surface area contributed by atoms with E-state index in [1.165, 1.54) is 0 Å². The molecule has 0 saturated heterocycles. The number of carbonyl (C=O) groups excluding carboxylic acids is 2. The highest BCUT2D eigenvalue weighted by Gasteiger charge is 2.19. The van der Waals surface area contributed by atoms with Crippen molar-refractivity contribution in [2.75, 3.05) is 0 Å². The van der Waals surface area contributed by atoms with Crippen LogP contribution in [-0.4, -0.2) is 23.7 Å². The predicted molar refractivity (Wildman–Crippen MR) is 61.9 cm³/mol. The van der Waals surface area contributed by atoms with Gasteiger partial charge in [-0.3, -0.25) is 14.9 Å². The molecule has 0 aromatic heterocycles. The van der Waals surface area contributed by atoms with Crippen molar-refractivity contribution in [2.45, 2.75) is 65.5 Å². The minimum absolute atomic E-state index is 0.0837. The molecule has 88 valence electrons. The quantitative estimate of drug-likeness (QED) is 0.671. The molecule has 3 heteroatoms. The van der Waals surface area contributed by atoms with Crippen LogP contribution in [0.2, 0.25) is 0 Å². The minimum Gasteiger partial charge on any atom is -0.298 e. The monoisotopic (exact) mass is 213 g/mol. The van der Waals surface area contributed by atoms with Gasteiger partial charge in [0.05, 0.1) is 12.1 Å². The standard InChI is InChI=1S/C12H23NO2/c1-5-7-11(12(15)8-6-2)13-9(3)10(4)14/h9,11,13H,5-8H2,1-4H3. The first-order chi connectivity index (χ1) is 7.02. The van der Waals surface area contributed by atoms with Crippen LogP contribution in [0.3, 0.4) is 0 Å². The van der Waals surface area contributed by atoms with Gasteiger partial charge in [0.1, 0.15) is 11.6 Å². The van der Waals surface area contributed by atoms with E-state index >= 15 is 0 Å². The fourth-order valence-corrected chi connectivity index (χ4v) is 1.47. The third kappa shape index (κ3) is 5.67. The summed E-state index contributed by atoms with van der Waals surface area (Å²) in [5, 5.41) is 3.10. The van der Waals surface area contributed by atoms with Crippen LogP contribution in [0, 0.1) is 0 Å². The Labute approximate surface area is 92.6 Å². The molecule has 0 spiro atoms. The van der Waals surface area contributed by atoms with Crippen molar-refractivity contribution in [2.24, 2.45) is 0 Å². The molecule has 2 atom stereocenters. The van der Waals surface area contributed by atoms with Gasteiger partial charge in [0.2, 0.25) is 0 Å². The molecule has 0 aromatic rings. The second-order valence-electron chi connectivity index (χ2n) is 4.06. The van der Waals surface area contributed by atoms with Crippen LogP contribution in [0.5, 0.6) is 0 Å². The second-order valence-corrected chi connectivity index (χ2v) is 4.06. The number of rotatable bonds is 8. The molecule has 0 fully saturated rings. The highest BCUT2D eigenvalue weighted by atomic mass is 16.1. The van der Waals surface area contributed by atoms with Gasteiger partial charge in [-0.15, -0.1) is 0 Å². The smallest absolute Gasteiger partial charge is 0.149 e. The van der Waals surface area contributed by atoms with E-state index in [0.29, 0.717) is 6.42 Å². The fourth-order valence-electron chi connectivity index (χ4n) is 1.47. The molecular weight excluding hydrogens is 190 g/mol. The van der Waals surface area contributed by atoms with Crippen molar-refractivity contribution in [3.05, 3.63) is 0 Å². The topological polar surface area (TPSA) is 46.2 Å². The third-order valence-corrected chi connectivity index (χ3v) is 2.52. The fraction of sp³-hybridized carbons (Fsp3) is 0.833. The zero-order chi connectivity index (χ0) is 11.8. The van der Waals surface area contributed by atoms with Crippen molar-refractivity contribution >= 4 is 11.6 Å². The molecule has 3 nitrogen and oxygen atoms in total. The van der Waals surface area contributed by atoms with Crippen LogP contribution in [0.4, 0.5) is 0 Å². The van der Waals surface area contributed by atoms with Crippen LogP contribution in [0.25, 0.3) is 0 Å². The molecule has 0 aliphatic heterocycles. The predicted octanol–water partition coefficient (Wildman–Crippen LogP) is 2.09. The summed E-state index contributed by atoms with van der Waals surface area (Å²) in [7, 11) is 0. The Morgan fingerprint density at radius 1 is 1.20 bits per heavy atom. The lowest BCUT2D eigenvalue weighted by molar-refractivity contribution is -0.122. The van der Waals surface area contributed by atoms with Gasteiger partial charge in [-0.1, -0.05) is 20.3 Å². The van der Waals surface area contributed by atoms with E-state index in [1.807, 2.05) is 20.8 Å². The number of nitrogens with one attached hydrogen (secondary N) is 1. The van der Waals surface area contributed by atoms with Gasteiger partial charge in [0.25, 0.3) is 0 Å². The summed E-state index contributed by atoms with van der Waals surface area (Å²) < 4.78 is 0. The molecule has 0 radical (unpaired) electrons. The van der Waals surface area contributed by atoms with Gasteiger partial charge in [0.15, 0.2) is 0 Å². The third-order valence-electron chi connectivity index (χ3n) is 2.52. The number of ketones is 2. The maximum atomic E-state index is 11.7. The van der Waals surface area contributed by atoms with Crippen LogP contribution in [0.1, 0.15) is 53.4 Å². The number of carbonyl (C=O) groups is 2. The molecule has 0 aliphatic rings. The summed E-state index contributed by atoms with van der Waals surface area (Å²) in [4.78, 5) is 22.8. The highest BCUT2D eigenvalue weighted by Crippen LogP contribution is 2.04. The van der Waals surface area contributed by atoms with Crippen molar-refractivity contribution in [3.8, 4) is 0 Å². The van der Waals surface area contributed by atoms with Gasteiger partial charge in [-0.2, -0.15) is 0 Å². The largest absolute Gasteiger partial charge is 0.298 e. The van der Waals surface area contributed by atoms with E-state index in [1.54, 1.807) is 6.92 Å². The first-order valence-electron chi connectivity index (χ1n) is 5.82. The molecule has 0 saturated carbocycles. The van der Waals surface area contributed by atoms with E-state index in [-0.39, 0.29) is 23.7 Å². The molecule has 1 N–H and O–H groups in total. The van der Waals surface area contributed by atoms with Gasteiger partial charge in [-0.25, -0.2) is 0 Å². The van der Waals surface area contributed by atoms with Gasteiger partial charge in [0, 0.05) is 6.42 Å². The van der Waals surface area contributed by atoms with Gasteiger partial charge in [-0.05, 0) is 26.7 Å². The Hall–Kier alpha value is -0.700. The number of hydrogen-bond donors (Lipinski definition) is 1. The van der Waals surface area contributed by atoms with Gasteiger partial charge < -0.3 is 0 Å². The van der Waals surface area contributed by atoms with E-state index in [2.05, 4.69) is 5.32 Å². The Morgan fingerprint density at radius 3 is 2.20 bits per heavy atom. The Morgan fingerprint density at radius 2 is 1.80 bits per heavy atom. The molecular formula is C12H23NO2. The van der Waals surface area contributed by atoms with Crippen LogP contribution in [-0.2, 0) is 9.59 Å². The van der Waals surface area contributed by atoms with Crippen LogP contribution >= 0.6 is 0 Å². The first kappa shape index (κ1) is 14.3. The summed E-state index contributed by atoms with van der Waals surface area (Å²) in [5.41, 5.74) is 0. The summed E-state index contributed by atoms with van der Waals surface area (Å²) in [6.07, 6.45) is 3.24. The molecule has 0 aromatic carbocycles. The Bertz CT molecular complexity index is 214. The molecule has 0 rings (SSSR count). The van der Waals surface area contributed by atoms with E-state index in [0.717, 1.165) is 19.3 Å². The highest BCUT2D eigenvalue weighted by molar-refractivity contribution is 5.86. The van der Waals surface area contributed by atoms with Crippen molar-refractivity contribution < 1.29 is 9.59 Å². The SMILES string of the molecule is CCCC(=O)C(CCC)NC(C)C(C)=O. The first-order valence-corrected chi connectivity index (χ1v) is 5.82. The minimum atomic E-state index is -0.220. The number of hydrogen-bond acceptors (Lipinski definition) is 3.